The van der Waals surface area contributed by atoms with E-state index < -0.39 is 0 Å². The van der Waals surface area contributed by atoms with Crippen LogP contribution in [0.1, 0.15) is 44.2 Å². The van der Waals surface area contributed by atoms with Crippen LogP contribution in [0.5, 0.6) is 5.75 Å². The monoisotopic (exact) mass is 525 g/mol. The summed E-state index contributed by atoms with van der Waals surface area (Å²) in [6.45, 7) is 6.60. The molecule has 1 heterocycles. The van der Waals surface area contributed by atoms with Crippen LogP contribution in [0.3, 0.4) is 0 Å². The molecule has 1 atom stereocenters. The molecule has 154 valence electrons. The van der Waals surface area contributed by atoms with Gasteiger partial charge in [-0.05, 0) is 78.6 Å². The minimum absolute atomic E-state index is 0.0793. The molecule has 1 aliphatic rings. The molecule has 0 spiro atoms. The Morgan fingerprint density at radius 2 is 2.14 bits per heavy atom. The lowest BCUT2D eigenvalue weighted by Gasteiger charge is -2.45. The third kappa shape index (κ3) is 5.04. The Balaban J connectivity index is 1.66. The smallest absolute Gasteiger partial charge is 0.277 e. The van der Waals surface area contributed by atoms with Crippen molar-refractivity contribution in [1.82, 2.24) is 5.43 Å². The first-order valence-corrected chi connectivity index (χ1v) is 10.9. The average Bonchev–Trinajstić information content (AvgIpc) is 2.66. The van der Waals surface area contributed by atoms with E-state index in [1.54, 1.807) is 6.21 Å². The number of fused-ring (bicyclic) bond motifs is 1. The van der Waals surface area contributed by atoms with E-state index in [0.29, 0.717) is 16.7 Å². The Morgan fingerprint density at radius 1 is 1.41 bits per heavy atom. The van der Waals surface area contributed by atoms with Gasteiger partial charge in [0.15, 0.2) is 6.61 Å². The Labute approximate surface area is 190 Å². The molecule has 2 aromatic carbocycles. The molecule has 2 aromatic rings. The number of hydrogen-bond acceptors (Lipinski definition) is 4. The highest BCUT2D eigenvalue weighted by atomic mass is 127. The van der Waals surface area contributed by atoms with Crippen molar-refractivity contribution in [3.8, 4) is 5.75 Å². The number of ether oxygens (including phenoxy) is 1. The SMILES string of the molecule is CC1CC(C)(C)N(C)c2cc(Cl)c(/C=N/NC(=O)COc3ccccc3I)cc21. The van der Waals surface area contributed by atoms with Crippen molar-refractivity contribution in [1.29, 1.82) is 0 Å². The summed E-state index contributed by atoms with van der Waals surface area (Å²) < 4.78 is 6.47. The van der Waals surface area contributed by atoms with E-state index in [9.17, 15) is 4.79 Å². The van der Waals surface area contributed by atoms with Crippen molar-refractivity contribution in [2.24, 2.45) is 5.10 Å². The van der Waals surface area contributed by atoms with Gasteiger partial charge in [-0.25, -0.2) is 5.43 Å². The number of carbonyl (C=O) groups is 1. The number of nitrogens with zero attached hydrogens (tertiary/aromatic N) is 2. The summed E-state index contributed by atoms with van der Waals surface area (Å²) in [5.41, 5.74) is 5.74. The van der Waals surface area contributed by atoms with Crippen molar-refractivity contribution in [2.75, 3.05) is 18.6 Å². The number of halogens is 2. The van der Waals surface area contributed by atoms with Gasteiger partial charge < -0.3 is 9.64 Å². The fourth-order valence-corrected chi connectivity index (χ4v) is 4.36. The number of nitrogens with one attached hydrogen (secondary N) is 1. The molecule has 0 bridgehead atoms. The van der Waals surface area contributed by atoms with Crippen LogP contribution in [0.25, 0.3) is 0 Å². The Bertz CT molecular complexity index is 946. The fourth-order valence-electron chi connectivity index (χ4n) is 3.61. The molecule has 1 unspecified atom stereocenters. The molecule has 29 heavy (non-hydrogen) atoms. The zero-order valence-corrected chi connectivity index (χ0v) is 19.9. The minimum Gasteiger partial charge on any atom is -0.483 e. The summed E-state index contributed by atoms with van der Waals surface area (Å²) in [6.07, 6.45) is 2.64. The molecular formula is C22H25ClIN3O2. The zero-order chi connectivity index (χ0) is 21.2. The van der Waals surface area contributed by atoms with Crippen molar-refractivity contribution in [3.63, 3.8) is 0 Å². The molecule has 0 radical (unpaired) electrons. The Hall–Kier alpha value is -1.80. The predicted octanol–water partition coefficient (Wildman–Crippen LogP) is 5.20. The Kier molecular flexibility index (Phi) is 6.73. The van der Waals surface area contributed by atoms with Gasteiger partial charge >= 0.3 is 0 Å². The number of rotatable bonds is 5. The van der Waals surface area contributed by atoms with Gasteiger partial charge in [-0.2, -0.15) is 5.10 Å². The van der Waals surface area contributed by atoms with Crippen molar-refractivity contribution in [2.45, 2.75) is 38.6 Å². The largest absolute Gasteiger partial charge is 0.483 e. The third-order valence-corrected chi connectivity index (χ3v) is 6.56. The van der Waals surface area contributed by atoms with Crippen molar-refractivity contribution < 1.29 is 9.53 Å². The minimum atomic E-state index is -0.329. The fraction of sp³-hybridized carbons (Fsp3) is 0.364. The molecule has 7 heteroatoms. The molecule has 3 rings (SSSR count). The molecule has 1 aliphatic heterocycles. The standard InChI is InChI=1S/C22H25ClIN3O2/c1-14-11-22(2,3)27(4)19-10-17(23)15(9-16(14)19)12-25-26-21(28)13-29-20-8-6-5-7-18(20)24/h5-10,12,14H,11,13H2,1-4H3,(H,26,28)/b25-12+. The first-order valence-electron chi connectivity index (χ1n) is 9.45. The maximum absolute atomic E-state index is 12.0. The lowest BCUT2D eigenvalue weighted by Crippen LogP contribution is -2.45. The number of para-hydroxylation sites is 1. The van der Waals surface area contributed by atoms with Crippen LogP contribution in [0.4, 0.5) is 5.69 Å². The molecule has 0 aliphatic carbocycles. The molecule has 1 amide bonds. The van der Waals surface area contributed by atoms with Crippen LogP contribution < -0.4 is 15.1 Å². The number of carbonyl (C=O) groups excluding carboxylic acids is 1. The zero-order valence-electron chi connectivity index (χ0n) is 17.0. The number of hydrazone groups is 1. The lowest BCUT2D eigenvalue weighted by molar-refractivity contribution is -0.123. The summed E-state index contributed by atoms with van der Waals surface area (Å²) in [7, 11) is 2.10. The van der Waals surface area contributed by atoms with E-state index >= 15 is 0 Å². The average molecular weight is 526 g/mol. The molecule has 0 saturated heterocycles. The lowest BCUT2D eigenvalue weighted by atomic mass is 9.80. The Morgan fingerprint density at radius 3 is 2.86 bits per heavy atom. The highest BCUT2D eigenvalue weighted by molar-refractivity contribution is 14.1. The van der Waals surface area contributed by atoms with E-state index in [1.807, 2.05) is 30.3 Å². The van der Waals surface area contributed by atoms with Gasteiger partial charge in [0.05, 0.1) is 14.8 Å². The predicted molar refractivity (Wildman–Crippen MR) is 127 cm³/mol. The van der Waals surface area contributed by atoms with Crippen molar-refractivity contribution >= 4 is 52.0 Å². The van der Waals surface area contributed by atoms with Gasteiger partial charge in [-0.3, -0.25) is 4.79 Å². The molecule has 5 nitrogen and oxygen atoms in total. The molecule has 0 saturated carbocycles. The van der Waals surface area contributed by atoms with E-state index in [1.165, 1.54) is 5.56 Å². The van der Waals surface area contributed by atoms with Crippen LogP contribution in [0.15, 0.2) is 41.5 Å². The van der Waals surface area contributed by atoms with Gasteiger partial charge in [0.1, 0.15) is 5.75 Å². The van der Waals surface area contributed by atoms with Gasteiger partial charge in [0.2, 0.25) is 0 Å². The summed E-state index contributed by atoms with van der Waals surface area (Å²) >= 11 is 8.65. The topological polar surface area (TPSA) is 53.9 Å². The van der Waals surface area contributed by atoms with E-state index in [2.05, 4.69) is 71.9 Å². The second-order valence-electron chi connectivity index (χ2n) is 7.92. The first kappa shape index (κ1) is 21.9. The molecular weight excluding hydrogens is 501 g/mol. The van der Waals surface area contributed by atoms with Crippen LogP contribution in [-0.2, 0) is 4.79 Å². The summed E-state index contributed by atoms with van der Waals surface area (Å²) in [5.74, 6) is 0.757. The third-order valence-electron chi connectivity index (χ3n) is 5.34. The van der Waals surface area contributed by atoms with Crippen molar-refractivity contribution in [3.05, 3.63) is 56.1 Å². The first-order chi connectivity index (χ1) is 13.7. The van der Waals surface area contributed by atoms with Crippen LogP contribution >= 0.6 is 34.2 Å². The van der Waals surface area contributed by atoms with Crippen LogP contribution in [-0.4, -0.2) is 31.3 Å². The number of amides is 1. The number of benzene rings is 2. The normalized spacial score (nSPS) is 17.9. The van der Waals surface area contributed by atoms with E-state index in [0.717, 1.165) is 21.2 Å². The highest BCUT2D eigenvalue weighted by Gasteiger charge is 2.34. The second-order valence-corrected chi connectivity index (χ2v) is 9.49. The van der Waals surface area contributed by atoms with Gasteiger partial charge in [0.25, 0.3) is 5.91 Å². The maximum Gasteiger partial charge on any atom is 0.277 e. The van der Waals surface area contributed by atoms with Crippen LogP contribution in [0.2, 0.25) is 5.02 Å². The highest BCUT2D eigenvalue weighted by Crippen LogP contribution is 2.44. The number of anilines is 1. The van der Waals surface area contributed by atoms with Gasteiger partial charge in [0, 0.05) is 23.8 Å². The summed E-state index contributed by atoms with van der Waals surface area (Å²) in [4.78, 5) is 14.3. The second kappa shape index (κ2) is 8.92. The number of hydrogen-bond donors (Lipinski definition) is 1. The summed E-state index contributed by atoms with van der Waals surface area (Å²) in [5, 5.41) is 4.66. The van der Waals surface area contributed by atoms with Gasteiger partial charge in [-0.1, -0.05) is 30.7 Å². The van der Waals surface area contributed by atoms with E-state index in [-0.39, 0.29) is 18.1 Å². The maximum atomic E-state index is 12.0. The van der Waals surface area contributed by atoms with Gasteiger partial charge in [-0.15, -0.1) is 0 Å². The summed E-state index contributed by atoms with van der Waals surface area (Å²) in [6, 6.07) is 11.6. The molecule has 0 aromatic heterocycles. The van der Waals surface area contributed by atoms with Crippen LogP contribution in [0, 0.1) is 3.57 Å². The quantitative estimate of drug-likeness (QED) is 0.332. The van der Waals surface area contributed by atoms with E-state index in [4.69, 9.17) is 16.3 Å². The molecule has 1 N–H and O–H groups in total. The molecule has 0 fully saturated rings.